The summed E-state index contributed by atoms with van der Waals surface area (Å²) in [6.07, 6.45) is -3.89. The number of rotatable bonds is 2. The van der Waals surface area contributed by atoms with Crippen molar-refractivity contribution < 1.29 is 22.3 Å². The Morgan fingerprint density at radius 3 is 2.53 bits per heavy atom. The monoisotopic (exact) mass is 297 g/mol. The first-order valence-electron chi connectivity index (χ1n) is 5.67. The normalized spacial score (nSPS) is 28.5. The second-order valence-electron chi connectivity index (χ2n) is 4.88. The molecule has 3 rings (SSSR count). The summed E-state index contributed by atoms with van der Waals surface area (Å²) in [5.41, 5.74) is 0.682. The van der Waals surface area contributed by atoms with E-state index in [-0.39, 0.29) is 17.8 Å². The van der Waals surface area contributed by atoms with Crippen LogP contribution in [0.2, 0.25) is 0 Å². The second kappa shape index (κ2) is 4.52. The number of hydrogen-bond acceptors (Lipinski definition) is 2. The SMILES string of the molecule is Cl.Fc1cc(C23CNCC2C3)ccc1OC(F)(F)F. The molecule has 2 unspecified atom stereocenters. The lowest BCUT2D eigenvalue weighted by Gasteiger charge is -2.15. The maximum Gasteiger partial charge on any atom is 0.573 e. The van der Waals surface area contributed by atoms with Crippen molar-refractivity contribution in [3.63, 3.8) is 0 Å². The summed E-state index contributed by atoms with van der Waals surface area (Å²) in [7, 11) is 0. The Balaban J connectivity index is 0.00000133. The van der Waals surface area contributed by atoms with Crippen LogP contribution in [0.4, 0.5) is 17.6 Å². The van der Waals surface area contributed by atoms with Gasteiger partial charge in [0, 0.05) is 12.0 Å². The fraction of sp³-hybridized carbons (Fsp3) is 0.500. The van der Waals surface area contributed by atoms with Crippen molar-refractivity contribution in [2.75, 3.05) is 13.1 Å². The van der Waals surface area contributed by atoms with Crippen LogP contribution in [-0.2, 0) is 5.41 Å². The predicted molar refractivity (Wildman–Crippen MR) is 63.0 cm³/mol. The van der Waals surface area contributed by atoms with Crippen molar-refractivity contribution >= 4 is 12.4 Å². The van der Waals surface area contributed by atoms with Gasteiger partial charge >= 0.3 is 6.36 Å². The number of ether oxygens (including phenoxy) is 1. The highest BCUT2D eigenvalue weighted by Crippen LogP contribution is 2.56. The number of piperidine rings is 1. The van der Waals surface area contributed by atoms with Crippen LogP contribution in [0.25, 0.3) is 0 Å². The fourth-order valence-electron chi connectivity index (χ4n) is 2.81. The first-order chi connectivity index (χ1) is 8.41. The van der Waals surface area contributed by atoms with Gasteiger partial charge in [-0.3, -0.25) is 0 Å². The van der Waals surface area contributed by atoms with Crippen molar-refractivity contribution in [1.29, 1.82) is 0 Å². The largest absolute Gasteiger partial charge is 0.573 e. The highest BCUT2D eigenvalue weighted by Gasteiger charge is 2.58. The molecule has 106 valence electrons. The van der Waals surface area contributed by atoms with Gasteiger partial charge < -0.3 is 10.1 Å². The van der Waals surface area contributed by atoms with E-state index in [1.165, 1.54) is 6.07 Å². The molecule has 1 aliphatic carbocycles. The van der Waals surface area contributed by atoms with Crippen molar-refractivity contribution in [3.8, 4) is 5.75 Å². The van der Waals surface area contributed by atoms with Crippen molar-refractivity contribution in [2.45, 2.75) is 18.2 Å². The summed E-state index contributed by atoms with van der Waals surface area (Å²) in [5, 5.41) is 3.20. The molecular formula is C12H12ClF4NO. The van der Waals surface area contributed by atoms with Crippen LogP contribution in [0.15, 0.2) is 18.2 Å². The summed E-state index contributed by atoms with van der Waals surface area (Å²) in [6.45, 7) is 1.65. The van der Waals surface area contributed by atoms with Gasteiger partial charge in [0.25, 0.3) is 0 Å². The lowest BCUT2D eigenvalue weighted by atomic mass is 9.95. The van der Waals surface area contributed by atoms with Gasteiger partial charge in [0.2, 0.25) is 0 Å². The molecular weight excluding hydrogens is 286 g/mol. The molecule has 1 saturated heterocycles. The van der Waals surface area contributed by atoms with Gasteiger partial charge in [0.1, 0.15) is 0 Å². The second-order valence-corrected chi connectivity index (χ2v) is 4.88. The van der Waals surface area contributed by atoms with E-state index in [9.17, 15) is 17.6 Å². The van der Waals surface area contributed by atoms with Crippen LogP contribution in [0.1, 0.15) is 12.0 Å². The molecule has 1 heterocycles. The molecule has 2 atom stereocenters. The number of hydrogen-bond donors (Lipinski definition) is 1. The molecule has 7 heteroatoms. The molecule has 2 fully saturated rings. The van der Waals surface area contributed by atoms with Crippen molar-refractivity contribution in [2.24, 2.45) is 5.92 Å². The van der Waals surface area contributed by atoms with Gasteiger partial charge in [-0.05, 0) is 36.6 Å². The van der Waals surface area contributed by atoms with E-state index in [0.717, 1.165) is 37.2 Å². The number of benzene rings is 1. The summed E-state index contributed by atoms with van der Waals surface area (Å²) >= 11 is 0. The zero-order valence-electron chi connectivity index (χ0n) is 9.76. The molecule has 1 aromatic carbocycles. The van der Waals surface area contributed by atoms with Crippen LogP contribution < -0.4 is 10.1 Å². The first kappa shape index (κ1) is 14.4. The molecule has 1 aromatic rings. The average Bonchev–Trinajstić information content (AvgIpc) is 2.83. The van der Waals surface area contributed by atoms with Crippen LogP contribution >= 0.6 is 12.4 Å². The third-order valence-corrected chi connectivity index (χ3v) is 3.80. The lowest BCUT2D eigenvalue weighted by Crippen LogP contribution is -2.20. The third kappa shape index (κ3) is 2.51. The standard InChI is InChI=1S/C12H11F4NO.ClH/c13-9-3-7(11-4-8(11)5-17-6-11)1-2-10(9)18-12(14,15)16;/h1-3,8,17H,4-6H2;1H. The van der Waals surface area contributed by atoms with Gasteiger partial charge in [-0.1, -0.05) is 6.07 Å². The molecule has 2 aliphatic rings. The Bertz CT molecular complexity index is 493. The van der Waals surface area contributed by atoms with E-state index in [2.05, 4.69) is 10.1 Å². The topological polar surface area (TPSA) is 21.3 Å². The van der Waals surface area contributed by atoms with Crippen LogP contribution in [-0.4, -0.2) is 19.5 Å². The predicted octanol–water partition coefficient (Wildman–Crippen LogP) is 3.01. The number of nitrogens with one attached hydrogen (secondary N) is 1. The Hall–Kier alpha value is -1.01. The molecule has 1 saturated carbocycles. The number of halogens is 5. The van der Waals surface area contributed by atoms with Gasteiger partial charge in [-0.2, -0.15) is 0 Å². The molecule has 0 radical (unpaired) electrons. The molecule has 19 heavy (non-hydrogen) atoms. The Morgan fingerprint density at radius 1 is 1.32 bits per heavy atom. The average molecular weight is 298 g/mol. The number of fused-ring (bicyclic) bond motifs is 1. The summed E-state index contributed by atoms with van der Waals surface area (Å²) in [5.74, 6) is -1.26. The highest BCUT2D eigenvalue weighted by atomic mass is 35.5. The quantitative estimate of drug-likeness (QED) is 0.847. The maximum atomic E-state index is 13.6. The third-order valence-electron chi connectivity index (χ3n) is 3.80. The van der Waals surface area contributed by atoms with Crippen LogP contribution in [0.5, 0.6) is 5.75 Å². The molecule has 1 N–H and O–H groups in total. The highest BCUT2D eigenvalue weighted by molar-refractivity contribution is 5.85. The van der Waals surface area contributed by atoms with E-state index < -0.39 is 17.9 Å². The van der Waals surface area contributed by atoms with E-state index in [0.29, 0.717) is 5.92 Å². The fourth-order valence-corrected chi connectivity index (χ4v) is 2.81. The maximum absolute atomic E-state index is 13.6. The first-order valence-corrected chi connectivity index (χ1v) is 5.67. The number of alkyl halides is 3. The van der Waals surface area contributed by atoms with E-state index in [4.69, 9.17) is 0 Å². The minimum absolute atomic E-state index is 0. The molecule has 0 bridgehead atoms. The van der Waals surface area contributed by atoms with Crippen molar-refractivity contribution in [3.05, 3.63) is 29.6 Å². The zero-order valence-corrected chi connectivity index (χ0v) is 10.6. The van der Waals surface area contributed by atoms with Crippen LogP contribution in [0.3, 0.4) is 0 Å². The van der Waals surface area contributed by atoms with E-state index in [1.54, 1.807) is 0 Å². The molecule has 0 aromatic heterocycles. The van der Waals surface area contributed by atoms with Crippen LogP contribution in [0, 0.1) is 11.7 Å². The summed E-state index contributed by atoms with van der Waals surface area (Å²) < 4.78 is 53.2. The van der Waals surface area contributed by atoms with E-state index in [1.807, 2.05) is 0 Å². The lowest BCUT2D eigenvalue weighted by molar-refractivity contribution is -0.275. The van der Waals surface area contributed by atoms with Gasteiger partial charge in [-0.15, -0.1) is 25.6 Å². The minimum atomic E-state index is -4.86. The Labute approximate surface area is 113 Å². The Kier molecular flexibility index (Phi) is 3.43. The zero-order chi connectivity index (χ0) is 13.0. The minimum Gasteiger partial charge on any atom is -0.403 e. The molecule has 2 nitrogen and oxygen atoms in total. The van der Waals surface area contributed by atoms with Gasteiger partial charge in [-0.25, -0.2) is 4.39 Å². The van der Waals surface area contributed by atoms with Crippen molar-refractivity contribution in [1.82, 2.24) is 5.32 Å². The molecule has 1 aliphatic heterocycles. The van der Waals surface area contributed by atoms with E-state index >= 15 is 0 Å². The van der Waals surface area contributed by atoms with Gasteiger partial charge in [0.15, 0.2) is 11.6 Å². The smallest absolute Gasteiger partial charge is 0.403 e. The molecule has 0 amide bonds. The molecule has 0 spiro atoms. The Morgan fingerprint density at radius 2 is 2.05 bits per heavy atom. The van der Waals surface area contributed by atoms with Gasteiger partial charge in [0.05, 0.1) is 0 Å². The summed E-state index contributed by atoms with van der Waals surface area (Å²) in [4.78, 5) is 0. The summed E-state index contributed by atoms with van der Waals surface area (Å²) in [6, 6.07) is 3.74.